The lowest BCUT2D eigenvalue weighted by molar-refractivity contribution is -0.135. The maximum Gasteiger partial charge on any atom is 0.239 e. The number of hydrogen-bond acceptors (Lipinski definition) is 3. The van der Waals surface area contributed by atoms with Gasteiger partial charge in [0.25, 0.3) is 0 Å². The second kappa shape index (κ2) is 7.10. The Labute approximate surface area is 112 Å². The van der Waals surface area contributed by atoms with E-state index in [9.17, 15) is 4.79 Å². The molecule has 1 N–H and O–H groups in total. The van der Waals surface area contributed by atoms with Crippen LogP contribution in [0.4, 0.5) is 0 Å². The summed E-state index contributed by atoms with van der Waals surface area (Å²) >= 11 is 0. The van der Waals surface area contributed by atoms with Crippen molar-refractivity contribution in [2.75, 3.05) is 40.3 Å². The van der Waals surface area contributed by atoms with Gasteiger partial charge in [-0.25, -0.2) is 0 Å². The third-order valence-electron chi connectivity index (χ3n) is 3.56. The summed E-state index contributed by atoms with van der Waals surface area (Å²) < 4.78 is 0. The van der Waals surface area contributed by atoms with Gasteiger partial charge in [0.05, 0.1) is 6.04 Å². The lowest BCUT2D eigenvalue weighted by Gasteiger charge is -2.36. The zero-order valence-electron chi connectivity index (χ0n) is 12.6. The summed E-state index contributed by atoms with van der Waals surface area (Å²) in [6.07, 6.45) is 1.24. The summed E-state index contributed by atoms with van der Waals surface area (Å²) in [5.74, 6) is 1.52. The van der Waals surface area contributed by atoms with E-state index in [-0.39, 0.29) is 11.9 Å². The van der Waals surface area contributed by atoms with Crippen LogP contribution in [0.3, 0.4) is 0 Å². The topological polar surface area (TPSA) is 35.6 Å². The average Bonchev–Trinajstić information content (AvgIpc) is 2.26. The molecule has 1 aliphatic rings. The molecule has 106 valence electrons. The van der Waals surface area contributed by atoms with E-state index in [1.54, 1.807) is 0 Å². The van der Waals surface area contributed by atoms with Crippen LogP contribution in [0.5, 0.6) is 0 Å². The van der Waals surface area contributed by atoms with Gasteiger partial charge in [0, 0.05) is 26.2 Å². The van der Waals surface area contributed by atoms with Gasteiger partial charge in [-0.1, -0.05) is 13.8 Å². The van der Waals surface area contributed by atoms with E-state index in [0.29, 0.717) is 11.8 Å². The molecule has 3 atom stereocenters. The molecule has 1 heterocycles. The standard InChI is InChI=1S/C14H29N3O/c1-11-8-12(2)10-17(9-11)14(18)13(3)15-6-7-16(4)5/h11-13,15H,6-10H2,1-5H3. The van der Waals surface area contributed by atoms with Crippen molar-refractivity contribution >= 4 is 5.91 Å². The van der Waals surface area contributed by atoms with Crippen LogP contribution in [-0.2, 0) is 4.79 Å². The van der Waals surface area contributed by atoms with E-state index in [4.69, 9.17) is 0 Å². The number of hydrogen-bond donors (Lipinski definition) is 1. The number of rotatable bonds is 5. The van der Waals surface area contributed by atoms with Crippen LogP contribution in [0.25, 0.3) is 0 Å². The van der Waals surface area contributed by atoms with Gasteiger partial charge in [-0.2, -0.15) is 0 Å². The van der Waals surface area contributed by atoms with E-state index in [2.05, 4.69) is 24.1 Å². The molecular weight excluding hydrogens is 226 g/mol. The molecule has 4 heteroatoms. The number of piperidine rings is 1. The Kier molecular flexibility index (Phi) is 6.09. The van der Waals surface area contributed by atoms with Crippen LogP contribution in [-0.4, -0.2) is 62.0 Å². The van der Waals surface area contributed by atoms with Gasteiger partial charge in [-0.3, -0.25) is 4.79 Å². The minimum absolute atomic E-state index is 0.0672. The van der Waals surface area contributed by atoms with E-state index in [0.717, 1.165) is 26.2 Å². The molecule has 0 aromatic heterocycles. The van der Waals surface area contributed by atoms with Crippen molar-refractivity contribution < 1.29 is 4.79 Å². The molecule has 0 radical (unpaired) electrons. The monoisotopic (exact) mass is 255 g/mol. The maximum absolute atomic E-state index is 12.3. The molecule has 3 unspecified atom stereocenters. The fourth-order valence-corrected chi connectivity index (χ4v) is 2.71. The fourth-order valence-electron chi connectivity index (χ4n) is 2.71. The minimum atomic E-state index is -0.0672. The fraction of sp³-hybridized carbons (Fsp3) is 0.929. The number of nitrogens with zero attached hydrogens (tertiary/aromatic N) is 2. The molecular formula is C14H29N3O. The second-order valence-electron chi connectivity index (χ2n) is 6.17. The van der Waals surface area contributed by atoms with Crippen molar-refractivity contribution in [3.05, 3.63) is 0 Å². The van der Waals surface area contributed by atoms with Crippen LogP contribution in [0.2, 0.25) is 0 Å². The normalized spacial score (nSPS) is 26.4. The smallest absolute Gasteiger partial charge is 0.239 e. The molecule has 1 saturated heterocycles. The largest absolute Gasteiger partial charge is 0.341 e. The number of carbonyl (C=O) groups excluding carboxylic acids is 1. The minimum Gasteiger partial charge on any atom is -0.341 e. The van der Waals surface area contributed by atoms with Crippen LogP contribution in [0.15, 0.2) is 0 Å². The molecule has 1 amide bonds. The highest BCUT2D eigenvalue weighted by Gasteiger charge is 2.27. The SMILES string of the molecule is CC1CC(C)CN(C(=O)C(C)NCCN(C)C)C1. The molecule has 0 aliphatic carbocycles. The van der Waals surface area contributed by atoms with Crippen molar-refractivity contribution in [3.63, 3.8) is 0 Å². The van der Waals surface area contributed by atoms with Gasteiger partial charge in [-0.05, 0) is 39.3 Å². The Bertz CT molecular complexity index is 258. The quantitative estimate of drug-likeness (QED) is 0.797. The predicted molar refractivity (Wildman–Crippen MR) is 75.5 cm³/mol. The van der Waals surface area contributed by atoms with Crippen LogP contribution < -0.4 is 5.32 Å². The summed E-state index contributed by atoms with van der Waals surface area (Å²) in [6, 6.07) is -0.0672. The second-order valence-corrected chi connectivity index (χ2v) is 6.17. The van der Waals surface area contributed by atoms with Gasteiger partial charge in [-0.15, -0.1) is 0 Å². The van der Waals surface area contributed by atoms with Gasteiger partial charge >= 0.3 is 0 Å². The molecule has 1 fully saturated rings. The highest BCUT2D eigenvalue weighted by molar-refractivity contribution is 5.81. The van der Waals surface area contributed by atoms with Crippen LogP contribution in [0.1, 0.15) is 27.2 Å². The Hall–Kier alpha value is -0.610. The first-order valence-corrected chi connectivity index (χ1v) is 7.07. The summed E-state index contributed by atoms with van der Waals surface area (Å²) in [4.78, 5) is 16.5. The van der Waals surface area contributed by atoms with E-state index >= 15 is 0 Å². The van der Waals surface area contributed by atoms with Crippen molar-refractivity contribution in [3.8, 4) is 0 Å². The molecule has 0 bridgehead atoms. The molecule has 18 heavy (non-hydrogen) atoms. The highest BCUT2D eigenvalue weighted by atomic mass is 16.2. The van der Waals surface area contributed by atoms with Crippen molar-refractivity contribution in [2.24, 2.45) is 11.8 Å². The first-order valence-electron chi connectivity index (χ1n) is 7.07. The van der Waals surface area contributed by atoms with E-state index in [1.165, 1.54) is 6.42 Å². The Morgan fingerprint density at radius 3 is 2.39 bits per heavy atom. The molecule has 0 saturated carbocycles. The first kappa shape index (κ1) is 15.4. The molecule has 0 aromatic rings. The third-order valence-corrected chi connectivity index (χ3v) is 3.56. The van der Waals surface area contributed by atoms with Gasteiger partial charge < -0.3 is 15.1 Å². The molecule has 0 aromatic carbocycles. The molecule has 0 spiro atoms. The van der Waals surface area contributed by atoms with E-state index in [1.807, 2.05) is 25.9 Å². The van der Waals surface area contributed by atoms with Crippen molar-refractivity contribution in [1.82, 2.24) is 15.1 Å². The van der Waals surface area contributed by atoms with Gasteiger partial charge in [0.1, 0.15) is 0 Å². The zero-order valence-corrected chi connectivity index (χ0v) is 12.6. The summed E-state index contributed by atoms with van der Waals surface area (Å²) in [6.45, 7) is 10.1. The van der Waals surface area contributed by atoms with Crippen molar-refractivity contribution in [2.45, 2.75) is 33.2 Å². The van der Waals surface area contributed by atoms with Gasteiger partial charge in [0.15, 0.2) is 0 Å². The Balaban J connectivity index is 2.38. The highest BCUT2D eigenvalue weighted by Crippen LogP contribution is 2.21. The predicted octanol–water partition coefficient (Wildman–Crippen LogP) is 1.03. The average molecular weight is 255 g/mol. The molecule has 1 rings (SSSR count). The summed E-state index contributed by atoms with van der Waals surface area (Å²) in [7, 11) is 4.09. The molecule has 1 aliphatic heterocycles. The number of likely N-dealkylation sites (tertiary alicyclic amines) is 1. The maximum atomic E-state index is 12.3. The molecule has 4 nitrogen and oxygen atoms in total. The third kappa shape index (κ3) is 4.94. The number of nitrogens with one attached hydrogen (secondary N) is 1. The number of carbonyl (C=O) groups is 1. The Morgan fingerprint density at radius 2 is 1.89 bits per heavy atom. The lowest BCUT2D eigenvalue weighted by atomic mass is 9.91. The van der Waals surface area contributed by atoms with Gasteiger partial charge in [0.2, 0.25) is 5.91 Å². The lowest BCUT2D eigenvalue weighted by Crippen LogP contribution is -2.50. The van der Waals surface area contributed by atoms with Crippen LogP contribution in [0, 0.1) is 11.8 Å². The Morgan fingerprint density at radius 1 is 1.33 bits per heavy atom. The summed E-state index contributed by atoms with van der Waals surface area (Å²) in [5, 5.41) is 3.31. The van der Waals surface area contributed by atoms with Crippen LogP contribution >= 0.6 is 0 Å². The zero-order chi connectivity index (χ0) is 13.7. The van der Waals surface area contributed by atoms with E-state index < -0.39 is 0 Å². The van der Waals surface area contributed by atoms with Crippen molar-refractivity contribution in [1.29, 1.82) is 0 Å². The number of likely N-dealkylation sites (N-methyl/N-ethyl adjacent to an activating group) is 1. The number of amides is 1. The summed E-state index contributed by atoms with van der Waals surface area (Å²) in [5.41, 5.74) is 0. The first-order chi connectivity index (χ1) is 8.40.